The highest BCUT2D eigenvalue weighted by molar-refractivity contribution is 5.76. The molecule has 0 aromatic heterocycles. The molecule has 1 saturated heterocycles. The molecular formula is C65H119NO10. The first-order chi connectivity index (χ1) is 37.2. The number of esters is 1. The van der Waals surface area contributed by atoms with E-state index in [-0.39, 0.29) is 18.5 Å². The van der Waals surface area contributed by atoms with Gasteiger partial charge < -0.3 is 45.1 Å². The van der Waals surface area contributed by atoms with Crippen LogP contribution in [-0.4, -0.2) is 100 Å². The van der Waals surface area contributed by atoms with Gasteiger partial charge in [0.15, 0.2) is 6.29 Å². The monoisotopic (exact) mass is 1070 g/mol. The first-order valence-corrected chi connectivity index (χ1v) is 31.9. The minimum Gasteiger partial charge on any atom is -0.466 e. The Kier molecular flexibility index (Phi) is 51.4. The Balaban J connectivity index is 1.98. The van der Waals surface area contributed by atoms with E-state index in [2.05, 4.69) is 55.6 Å². The van der Waals surface area contributed by atoms with Crippen LogP contribution in [0.15, 0.2) is 48.6 Å². The van der Waals surface area contributed by atoms with Crippen molar-refractivity contribution in [2.75, 3.05) is 19.8 Å². The van der Waals surface area contributed by atoms with E-state index in [1.54, 1.807) is 6.08 Å². The molecule has 0 aromatic rings. The van der Waals surface area contributed by atoms with Crippen molar-refractivity contribution in [3.8, 4) is 0 Å². The third-order valence-electron chi connectivity index (χ3n) is 14.9. The zero-order valence-electron chi connectivity index (χ0n) is 49.0. The average molecular weight is 1070 g/mol. The SMILES string of the molecule is CCCCC/C=C/CC/C=C/C(O)C(COC1OC(CO)C(O)C(O)C1O)NC(=O)CCCCCCCCC/C=C\CCCCCCCCCCCCCOC(=O)CCCCCCCCC/C=C\CCCCCCCC. The van der Waals surface area contributed by atoms with Crippen LogP contribution in [0.2, 0.25) is 0 Å². The van der Waals surface area contributed by atoms with E-state index in [0.717, 1.165) is 77.0 Å². The number of aliphatic hydroxyl groups is 5. The number of ether oxygens (including phenoxy) is 3. The van der Waals surface area contributed by atoms with Gasteiger partial charge in [0, 0.05) is 12.8 Å². The molecule has 0 spiro atoms. The number of rotatable bonds is 55. The Morgan fingerprint density at radius 3 is 1.33 bits per heavy atom. The minimum atomic E-state index is -1.58. The standard InChI is InChI=1S/C65H119NO10/c1-3-5-7-9-11-13-14-15-16-23-27-30-33-37-41-45-49-53-61(70)74-54-50-46-42-38-34-31-28-25-22-20-18-17-19-21-24-26-29-32-36-40-44-48-52-60(69)66-57(58(68)51-47-43-39-35-12-10-8-6-4-2)56-75-65-64(73)63(72)62(71)59(55-67)76-65/h12,15-16,19,21,35,47,51,57-59,62-65,67-68,71-73H,3-11,13-14,17-18,20,22-34,36-46,48-50,52-56H2,1-2H3,(H,66,69)/b16-15-,21-19-,35-12+,51-47+. The molecule has 1 heterocycles. The van der Waals surface area contributed by atoms with Gasteiger partial charge in [0.25, 0.3) is 0 Å². The van der Waals surface area contributed by atoms with Gasteiger partial charge in [0.2, 0.25) is 5.91 Å². The van der Waals surface area contributed by atoms with Gasteiger partial charge in [-0.25, -0.2) is 0 Å². The third kappa shape index (κ3) is 43.5. The smallest absolute Gasteiger partial charge is 0.305 e. The zero-order chi connectivity index (χ0) is 55.2. The van der Waals surface area contributed by atoms with E-state index < -0.39 is 49.5 Å². The molecule has 0 radical (unpaired) electrons. The molecule has 0 saturated carbocycles. The normalized spacial score (nSPS) is 19.0. The highest BCUT2D eigenvalue weighted by Crippen LogP contribution is 2.23. The summed E-state index contributed by atoms with van der Waals surface area (Å²) in [6.45, 7) is 4.27. The summed E-state index contributed by atoms with van der Waals surface area (Å²) in [5, 5.41) is 54.2. The Labute approximate surface area is 466 Å². The molecule has 1 aliphatic rings. The molecule has 1 rings (SSSR count). The Morgan fingerprint density at radius 1 is 0.474 bits per heavy atom. The second kappa shape index (κ2) is 54.6. The molecule has 444 valence electrons. The largest absolute Gasteiger partial charge is 0.466 e. The molecule has 11 heteroatoms. The molecule has 1 amide bonds. The predicted molar refractivity (Wildman–Crippen MR) is 315 cm³/mol. The molecule has 76 heavy (non-hydrogen) atoms. The van der Waals surface area contributed by atoms with E-state index in [1.807, 2.05) is 6.08 Å². The first kappa shape index (κ1) is 71.6. The fraction of sp³-hybridized carbons (Fsp3) is 0.846. The number of aliphatic hydroxyl groups excluding tert-OH is 5. The van der Waals surface area contributed by atoms with Crippen LogP contribution in [0.4, 0.5) is 0 Å². The Bertz CT molecular complexity index is 1400. The Hall–Kier alpha value is -2.38. The summed E-state index contributed by atoms with van der Waals surface area (Å²) in [7, 11) is 0. The van der Waals surface area contributed by atoms with Gasteiger partial charge in [-0.05, 0) is 96.3 Å². The predicted octanol–water partition coefficient (Wildman–Crippen LogP) is 15.2. The lowest BCUT2D eigenvalue weighted by atomic mass is 9.99. The summed E-state index contributed by atoms with van der Waals surface area (Å²) in [6, 6.07) is -0.832. The van der Waals surface area contributed by atoms with E-state index in [0.29, 0.717) is 19.4 Å². The van der Waals surface area contributed by atoms with Gasteiger partial charge in [0.1, 0.15) is 24.4 Å². The second-order valence-corrected chi connectivity index (χ2v) is 22.1. The highest BCUT2D eigenvalue weighted by Gasteiger charge is 2.44. The fourth-order valence-electron chi connectivity index (χ4n) is 9.79. The van der Waals surface area contributed by atoms with E-state index >= 15 is 0 Å². The number of carbonyl (C=O) groups is 2. The van der Waals surface area contributed by atoms with Gasteiger partial charge in [-0.15, -0.1) is 0 Å². The number of hydrogen-bond acceptors (Lipinski definition) is 10. The lowest BCUT2D eigenvalue weighted by Crippen LogP contribution is -2.60. The Morgan fingerprint density at radius 2 is 0.855 bits per heavy atom. The van der Waals surface area contributed by atoms with E-state index in [9.17, 15) is 35.1 Å². The van der Waals surface area contributed by atoms with Crippen LogP contribution in [0.25, 0.3) is 0 Å². The maximum atomic E-state index is 13.0. The molecule has 7 unspecified atom stereocenters. The number of allylic oxidation sites excluding steroid dienone is 7. The van der Waals surface area contributed by atoms with Crippen molar-refractivity contribution < 1.29 is 49.3 Å². The minimum absolute atomic E-state index is 0.00667. The molecular weight excluding hydrogens is 955 g/mol. The molecule has 1 aliphatic heterocycles. The van der Waals surface area contributed by atoms with Crippen LogP contribution in [0.1, 0.15) is 290 Å². The van der Waals surface area contributed by atoms with Crippen LogP contribution in [0.5, 0.6) is 0 Å². The van der Waals surface area contributed by atoms with E-state index in [4.69, 9.17) is 14.2 Å². The van der Waals surface area contributed by atoms with Crippen LogP contribution in [0.3, 0.4) is 0 Å². The molecule has 0 bridgehead atoms. The maximum absolute atomic E-state index is 13.0. The number of unbranched alkanes of at least 4 members (excludes halogenated alkanes) is 35. The van der Waals surface area contributed by atoms with E-state index in [1.165, 1.54) is 186 Å². The average Bonchev–Trinajstić information content (AvgIpc) is 3.42. The summed E-state index contributed by atoms with van der Waals surface area (Å²) in [4.78, 5) is 25.1. The maximum Gasteiger partial charge on any atom is 0.305 e. The summed E-state index contributed by atoms with van der Waals surface area (Å²) < 4.78 is 16.7. The van der Waals surface area contributed by atoms with Crippen molar-refractivity contribution in [2.24, 2.45) is 0 Å². The lowest BCUT2D eigenvalue weighted by molar-refractivity contribution is -0.302. The zero-order valence-corrected chi connectivity index (χ0v) is 49.0. The van der Waals surface area contributed by atoms with Crippen molar-refractivity contribution in [1.29, 1.82) is 0 Å². The van der Waals surface area contributed by atoms with Crippen molar-refractivity contribution >= 4 is 11.9 Å². The summed E-state index contributed by atoms with van der Waals surface area (Å²) in [5.74, 6) is -0.208. The lowest BCUT2D eigenvalue weighted by Gasteiger charge is -2.40. The van der Waals surface area contributed by atoms with Crippen LogP contribution >= 0.6 is 0 Å². The molecule has 0 aromatic carbocycles. The topological polar surface area (TPSA) is 175 Å². The van der Waals surface area contributed by atoms with Crippen molar-refractivity contribution in [3.63, 3.8) is 0 Å². The molecule has 6 N–H and O–H groups in total. The number of amides is 1. The summed E-state index contributed by atoms with van der Waals surface area (Å²) in [6.07, 6.45) is 59.5. The van der Waals surface area contributed by atoms with Gasteiger partial charge in [-0.1, -0.05) is 229 Å². The number of carbonyl (C=O) groups excluding carboxylic acids is 2. The van der Waals surface area contributed by atoms with Crippen LogP contribution in [-0.2, 0) is 23.8 Å². The molecule has 7 atom stereocenters. The van der Waals surface area contributed by atoms with Crippen LogP contribution < -0.4 is 5.32 Å². The fourth-order valence-corrected chi connectivity index (χ4v) is 9.79. The van der Waals surface area contributed by atoms with Crippen molar-refractivity contribution in [3.05, 3.63) is 48.6 Å². The highest BCUT2D eigenvalue weighted by atomic mass is 16.7. The van der Waals surface area contributed by atoms with Gasteiger partial charge in [-0.2, -0.15) is 0 Å². The molecule has 0 aliphatic carbocycles. The first-order valence-electron chi connectivity index (χ1n) is 31.9. The quantitative estimate of drug-likeness (QED) is 0.0195. The van der Waals surface area contributed by atoms with Gasteiger partial charge in [0.05, 0.1) is 32.0 Å². The van der Waals surface area contributed by atoms with Gasteiger partial charge in [-0.3, -0.25) is 9.59 Å². The summed E-state index contributed by atoms with van der Waals surface area (Å²) >= 11 is 0. The molecule has 11 nitrogen and oxygen atoms in total. The van der Waals surface area contributed by atoms with Crippen LogP contribution in [0, 0.1) is 0 Å². The van der Waals surface area contributed by atoms with Gasteiger partial charge >= 0.3 is 5.97 Å². The number of hydrogen-bond donors (Lipinski definition) is 6. The van der Waals surface area contributed by atoms with Crippen molar-refractivity contribution in [2.45, 2.75) is 333 Å². The second-order valence-electron chi connectivity index (χ2n) is 22.1. The molecule has 1 fully saturated rings. The number of nitrogens with one attached hydrogen (secondary N) is 1. The third-order valence-corrected chi connectivity index (χ3v) is 14.9. The summed E-state index contributed by atoms with van der Waals surface area (Å²) in [5.41, 5.74) is 0. The van der Waals surface area contributed by atoms with Crippen molar-refractivity contribution in [1.82, 2.24) is 5.32 Å².